The fourth-order valence-electron chi connectivity index (χ4n) is 3.36. The molecule has 0 aliphatic heterocycles. The zero-order chi connectivity index (χ0) is 13.2. The summed E-state index contributed by atoms with van der Waals surface area (Å²) < 4.78 is 0. The van der Waals surface area contributed by atoms with E-state index in [4.69, 9.17) is 0 Å². The molecule has 1 fully saturated rings. The van der Waals surface area contributed by atoms with Crippen LogP contribution in [0.15, 0.2) is 24.4 Å². The van der Waals surface area contributed by atoms with Crippen molar-refractivity contribution in [2.24, 2.45) is 5.92 Å². The van der Waals surface area contributed by atoms with E-state index in [1.807, 2.05) is 18.3 Å². The molecular formula is C17H21NO. The van der Waals surface area contributed by atoms with Crippen LogP contribution in [0.4, 0.5) is 0 Å². The number of carbonyl (C=O) groups is 1. The number of aryl methyl sites for hydroxylation is 1. The number of rotatable bonds is 4. The van der Waals surface area contributed by atoms with Crippen LogP contribution in [-0.4, -0.2) is 10.8 Å². The SMILES string of the molecule is Cc1cccc2[nH]cc(C(=O)CCC3CCCC3)c12. The van der Waals surface area contributed by atoms with E-state index >= 15 is 0 Å². The van der Waals surface area contributed by atoms with Crippen LogP contribution in [0.3, 0.4) is 0 Å². The van der Waals surface area contributed by atoms with Crippen LogP contribution in [0.5, 0.6) is 0 Å². The number of ketones is 1. The van der Waals surface area contributed by atoms with Gasteiger partial charge in [0.15, 0.2) is 5.78 Å². The Morgan fingerprint density at radius 2 is 2.11 bits per heavy atom. The Kier molecular flexibility index (Phi) is 3.41. The van der Waals surface area contributed by atoms with Gasteiger partial charge in [0.2, 0.25) is 0 Å². The molecule has 1 N–H and O–H groups in total. The van der Waals surface area contributed by atoms with Crippen molar-refractivity contribution in [3.05, 3.63) is 35.5 Å². The molecule has 3 rings (SSSR count). The molecule has 1 aliphatic rings. The van der Waals surface area contributed by atoms with Gasteiger partial charge < -0.3 is 4.98 Å². The monoisotopic (exact) mass is 255 g/mol. The van der Waals surface area contributed by atoms with E-state index in [1.165, 1.54) is 31.2 Å². The minimum Gasteiger partial charge on any atom is -0.360 e. The Balaban J connectivity index is 1.77. The Bertz CT molecular complexity index is 590. The molecule has 0 amide bonds. The van der Waals surface area contributed by atoms with Crippen molar-refractivity contribution in [3.63, 3.8) is 0 Å². The minimum absolute atomic E-state index is 0.299. The second-order valence-corrected chi connectivity index (χ2v) is 5.81. The van der Waals surface area contributed by atoms with Crippen LogP contribution in [0.2, 0.25) is 0 Å². The summed E-state index contributed by atoms with van der Waals surface area (Å²) in [6.07, 6.45) is 8.99. The molecule has 0 spiro atoms. The number of H-pyrrole nitrogens is 1. The first-order valence-electron chi connectivity index (χ1n) is 7.35. The molecule has 1 saturated carbocycles. The molecule has 2 nitrogen and oxygen atoms in total. The van der Waals surface area contributed by atoms with E-state index < -0.39 is 0 Å². The lowest BCUT2D eigenvalue weighted by Crippen LogP contribution is -2.02. The highest BCUT2D eigenvalue weighted by Crippen LogP contribution is 2.30. The predicted molar refractivity (Wildman–Crippen MR) is 78.6 cm³/mol. The van der Waals surface area contributed by atoms with Crippen molar-refractivity contribution in [2.75, 3.05) is 0 Å². The lowest BCUT2D eigenvalue weighted by Gasteiger charge is -2.07. The number of aromatic amines is 1. The van der Waals surface area contributed by atoms with Gasteiger partial charge in [-0.1, -0.05) is 37.8 Å². The average Bonchev–Trinajstić information content (AvgIpc) is 3.05. The highest BCUT2D eigenvalue weighted by molar-refractivity contribution is 6.08. The zero-order valence-electron chi connectivity index (χ0n) is 11.5. The van der Waals surface area contributed by atoms with Crippen molar-refractivity contribution in [1.29, 1.82) is 0 Å². The fourth-order valence-corrected chi connectivity index (χ4v) is 3.36. The molecule has 0 unspecified atom stereocenters. The number of hydrogen-bond donors (Lipinski definition) is 1. The Labute approximate surface area is 114 Å². The molecule has 0 bridgehead atoms. The topological polar surface area (TPSA) is 32.9 Å². The number of Topliss-reactive ketones (excluding diaryl/α,β-unsaturated/α-hetero) is 1. The lowest BCUT2D eigenvalue weighted by atomic mass is 9.96. The summed E-state index contributed by atoms with van der Waals surface area (Å²) in [6, 6.07) is 6.14. The molecule has 0 radical (unpaired) electrons. The van der Waals surface area contributed by atoms with Gasteiger partial charge in [0.1, 0.15) is 0 Å². The van der Waals surface area contributed by atoms with Gasteiger partial charge in [0.25, 0.3) is 0 Å². The molecule has 0 atom stereocenters. The molecule has 100 valence electrons. The molecule has 1 aromatic heterocycles. The van der Waals surface area contributed by atoms with E-state index in [0.29, 0.717) is 12.2 Å². The molecule has 19 heavy (non-hydrogen) atoms. The van der Waals surface area contributed by atoms with Crippen LogP contribution in [0.25, 0.3) is 10.9 Å². The highest BCUT2D eigenvalue weighted by Gasteiger charge is 2.18. The van der Waals surface area contributed by atoms with E-state index in [9.17, 15) is 4.79 Å². The molecule has 1 aromatic carbocycles. The minimum atomic E-state index is 0.299. The highest BCUT2D eigenvalue weighted by atomic mass is 16.1. The van der Waals surface area contributed by atoms with Crippen LogP contribution in [0, 0.1) is 12.8 Å². The van der Waals surface area contributed by atoms with Crippen molar-refractivity contribution in [1.82, 2.24) is 4.98 Å². The maximum atomic E-state index is 12.4. The van der Waals surface area contributed by atoms with E-state index in [2.05, 4.69) is 18.0 Å². The summed E-state index contributed by atoms with van der Waals surface area (Å²) in [7, 11) is 0. The normalized spacial score (nSPS) is 16.3. The van der Waals surface area contributed by atoms with Crippen molar-refractivity contribution >= 4 is 16.7 Å². The van der Waals surface area contributed by atoms with Crippen molar-refractivity contribution < 1.29 is 4.79 Å². The molecular weight excluding hydrogens is 234 g/mol. The van der Waals surface area contributed by atoms with Crippen LogP contribution in [0.1, 0.15) is 54.4 Å². The van der Waals surface area contributed by atoms with Gasteiger partial charge in [-0.2, -0.15) is 0 Å². The average molecular weight is 255 g/mol. The Morgan fingerprint density at radius 1 is 1.32 bits per heavy atom. The number of fused-ring (bicyclic) bond motifs is 1. The van der Waals surface area contributed by atoms with E-state index in [1.54, 1.807) is 0 Å². The van der Waals surface area contributed by atoms with Gasteiger partial charge in [-0.15, -0.1) is 0 Å². The number of benzene rings is 1. The Morgan fingerprint density at radius 3 is 2.89 bits per heavy atom. The second kappa shape index (κ2) is 5.20. The van der Waals surface area contributed by atoms with Gasteiger partial charge in [-0.05, 0) is 30.9 Å². The number of nitrogens with one attached hydrogen (secondary N) is 1. The predicted octanol–water partition coefficient (Wildman–Crippen LogP) is 4.63. The summed E-state index contributed by atoms with van der Waals surface area (Å²) in [5.41, 5.74) is 3.14. The van der Waals surface area contributed by atoms with Crippen LogP contribution < -0.4 is 0 Å². The first-order valence-corrected chi connectivity index (χ1v) is 7.35. The van der Waals surface area contributed by atoms with Crippen molar-refractivity contribution in [2.45, 2.75) is 45.4 Å². The molecule has 0 saturated heterocycles. The van der Waals surface area contributed by atoms with Gasteiger partial charge >= 0.3 is 0 Å². The summed E-state index contributed by atoms with van der Waals surface area (Å²) >= 11 is 0. The molecule has 1 aliphatic carbocycles. The van der Waals surface area contributed by atoms with Crippen LogP contribution >= 0.6 is 0 Å². The van der Waals surface area contributed by atoms with Gasteiger partial charge in [-0.25, -0.2) is 0 Å². The molecule has 2 aromatic rings. The van der Waals surface area contributed by atoms with Gasteiger partial charge in [-0.3, -0.25) is 4.79 Å². The third-order valence-electron chi connectivity index (χ3n) is 4.47. The summed E-state index contributed by atoms with van der Waals surface area (Å²) in [4.78, 5) is 15.6. The third kappa shape index (κ3) is 2.44. The van der Waals surface area contributed by atoms with E-state index in [-0.39, 0.29) is 0 Å². The summed E-state index contributed by atoms with van der Waals surface area (Å²) in [5, 5.41) is 1.11. The summed E-state index contributed by atoms with van der Waals surface area (Å²) in [6.45, 7) is 2.07. The fraction of sp³-hybridized carbons (Fsp3) is 0.471. The summed E-state index contributed by atoms with van der Waals surface area (Å²) in [5.74, 6) is 1.09. The smallest absolute Gasteiger partial charge is 0.165 e. The largest absolute Gasteiger partial charge is 0.360 e. The Hall–Kier alpha value is -1.57. The standard InChI is InChI=1S/C17H21NO/c1-12-5-4-8-15-17(12)14(11-18-15)16(19)10-9-13-6-2-3-7-13/h4-5,8,11,13,18H,2-3,6-7,9-10H2,1H3. The number of hydrogen-bond acceptors (Lipinski definition) is 1. The maximum absolute atomic E-state index is 12.4. The number of carbonyl (C=O) groups excluding carboxylic acids is 1. The first kappa shape index (κ1) is 12.5. The third-order valence-corrected chi connectivity index (χ3v) is 4.47. The number of aromatic nitrogens is 1. The lowest BCUT2D eigenvalue weighted by molar-refractivity contribution is 0.0975. The zero-order valence-corrected chi connectivity index (χ0v) is 11.5. The van der Waals surface area contributed by atoms with E-state index in [0.717, 1.165) is 28.8 Å². The maximum Gasteiger partial charge on any atom is 0.165 e. The second-order valence-electron chi connectivity index (χ2n) is 5.81. The quantitative estimate of drug-likeness (QED) is 0.794. The first-order chi connectivity index (χ1) is 9.25. The van der Waals surface area contributed by atoms with Crippen LogP contribution in [-0.2, 0) is 0 Å². The molecule has 2 heteroatoms. The van der Waals surface area contributed by atoms with Gasteiger partial charge in [0, 0.05) is 29.1 Å². The van der Waals surface area contributed by atoms with Crippen molar-refractivity contribution in [3.8, 4) is 0 Å². The van der Waals surface area contributed by atoms with Gasteiger partial charge in [0.05, 0.1) is 0 Å². The molecule has 1 heterocycles.